The summed E-state index contributed by atoms with van der Waals surface area (Å²) in [5, 5.41) is 9.49. The number of hydrogen-bond donors (Lipinski definition) is 1. The molecule has 0 fully saturated rings. The van der Waals surface area contributed by atoms with Gasteiger partial charge in [0.2, 0.25) is 0 Å². The van der Waals surface area contributed by atoms with E-state index in [1.165, 1.54) is 24.4 Å². The van der Waals surface area contributed by atoms with Crippen LogP contribution in [0.5, 0.6) is 0 Å². The van der Waals surface area contributed by atoms with E-state index in [1.807, 2.05) is 0 Å². The lowest BCUT2D eigenvalue weighted by atomic mass is 10.1. The van der Waals surface area contributed by atoms with Gasteiger partial charge in [-0.3, -0.25) is 9.36 Å². The summed E-state index contributed by atoms with van der Waals surface area (Å²) in [6.07, 6.45) is -3.22. The zero-order chi connectivity index (χ0) is 17.5. The van der Waals surface area contributed by atoms with Crippen molar-refractivity contribution in [2.45, 2.75) is 6.18 Å². The summed E-state index contributed by atoms with van der Waals surface area (Å²) < 4.78 is 39.6. The quantitative estimate of drug-likeness (QED) is 0.782. The molecule has 2 heterocycles. The van der Waals surface area contributed by atoms with Gasteiger partial charge in [0.05, 0.1) is 11.3 Å². The minimum atomic E-state index is -4.59. The number of halogens is 3. The van der Waals surface area contributed by atoms with Gasteiger partial charge in [-0.15, -0.1) is 0 Å². The largest absolute Gasteiger partial charge is 0.477 e. The van der Waals surface area contributed by atoms with Crippen molar-refractivity contribution in [1.82, 2.24) is 9.55 Å². The van der Waals surface area contributed by atoms with Crippen molar-refractivity contribution in [3.8, 4) is 5.69 Å². The molecule has 3 aromatic rings. The molecule has 0 aliphatic heterocycles. The van der Waals surface area contributed by atoms with Crippen LogP contribution in [-0.2, 0) is 6.18 Å². The van der Waals surface area contributed by atoms with E-state index >= 15 is 0 Å². The second-order valence-corrected chi connectivity index (χ2v) is 4.97. The molecule has 3 rings (SSSR count). The number of carboxylic acid groups (broad SMARTS) is 1. The Morgan fingerprint density at radius 2 is 1.88 bits per heavy atom. The Labute approximate surface area is 132 Å². The molecule has 122 valence electrons. The molecule has 2 aromatic heterocycles. The second-order valence-electron chi connectivity index (χ2n) is 4.97. The maximum Gasteiger partial charge on any atom is 0.416 e. The first-order valence-corrected chi connectivity index (χ1v) is 6.71. The fraction of sp³-hybridized carbons (Fsp3) is 0.0625. The highest BCUT2D eigenvalue weighted by molar-refractivity contribution is 5.92. The van der Waals surface area contributed by atoms with Crippen molar-refractivity contribution in [1.29, 1.82) is 0 Å². The SMILES string of the molecule is O=C(O)c1cc2cccnc2n(-c2cccc(C(F)(F)F)c2)c1=O. The minimum Gasteiger partial charge on any atom is -0.477 e. The summed E-state index contributed by atoms with van der Waals surface area (Å²) in [4.78, 5) is 27.7. The number of aromatic nitrogens is 2. The highest BCUT2D eigenvalue weighted by atomic mass is 19.4. The number of nitrogens with zero attached hydrogens (tertiary/aromatic N) is 2. The summed E-state index contributed by atoms with van der Waals surface area (Å²) >= 11 is 0. The van der Waals surface area contributed by atoms with Crippen LogP contribution in [0.4, 0.5) is 13.2 Å². The molecular formula is C16H9F3N2O3. The van der Waals surface area contributed by atoms with Gasteiger partial charge in [-0.1, -0.05) is 6.07 Å². The Hall–Kier alpha value is -3.16. The average molecular weight is 334 g/mol. The molecule has 0 radical (unpaired) electrons. The first-order valence-electron chi connectivity index (χ1n) is 6.71. The van der Waals surface area contributed by atoms with Crippen molar-refractivity contribution in [2.24, 2.45) is 0 Å². The number of fused-ring (bicyclic) bond motifs is 1. The Morgan fingerprint density at radius 3 is 2.54 bits per heavy atom. The van der Waals surface area contributed by atoms with E-state index in [9.17, 15) is 22.8 Å². The summed E-state index contributed by atoms with van der Waals surface area (Å²) in [7, 11) is 0. The number of alkyl halides is 3. The average Bonchev–Trinajstić information content (AvgIpc) is 2.53. The third kappa shape index (κ3) is 2.62. The number of aromatic carboxylic acids is 1. The molecule has 1 aromatic carbocycles. The van der Waals surface area contributed by atoms with Crippen LogP contribution < -0.4 is 5.56 Å². The predicted molar refractivity (Wildman–Crippen MR) is 79.3 cm³/mol. The smallest absolute Gasteiger partial charge is 0.416 e. The Bertz CT molecular complexity index is 1010. The molecule has 24 heavy (non-hydrogen) atoms. The number of carbonyl (C=O) groups is 1. The van der Waals surface area contributed by atoms with Crippen LogP contribution in [0.15, 0.2) is 53.5 Å². The number of rotatable bonds is 2. The van der Waals surface area contributed by atoms with E-state index in [0.717, 1.165) is 28.8 Å². The van der Waals surface area contributed by atoms with Crippen molar-refractivity contribution < 1.29 is 23.1 Å². The van der Waals surface area contributed by atoms with E-state index in [-0.39, 0.29) is 11.3 Å². The van der Waals surface area contributed by atoms with Crippen LogP contribution in [0.25, 0.3) is 16.7 Å². The van der Waals surface area contributed by atoms with Crippen LogP contribution in [0.2, 0.25) is 0 Å². The van der Waals surface area contributed by atoms with Gasteiger partial charge in [0.15, 0.2) is 0 Å². The standard InChI is InChI=1S/C16H9F3N2O3/c17-16(18,19)10-4-1-5-11(8-10)21-13-9(3-2-6-20-13)7-12(14(21)22)15(23)24/h1-8H,(H,23,24). The topological polar surface area (TPSA) is 72.2 Å². The normalized spacial score (nSPS) is 11.6. The van der Waals surface area contributed by atoms with Gasteiger partial charge in [0.25, 0.3) is 5.56 Å². The highest BCUT2D eigenvalue weighted by Crippen LogP contribution is 2.30. The van der Waals surface area contributed by atoms with Gasteiger partial charge in [-0.05, 0) is 36.4 Å². The maximum absolute atomic E-state index is 12.9. The molecule has 0 amide bonds. The minimum absolute atomic E-state index is 0.0758. The number of benzene rings is 1. The van der Waals surface area contributed by atoms with E-state index in [2.05, 4.69) is 4.98 Å². The molecule has 0 aliphatic rings. The Balaban J connectivity index is 2.40. The summed E-state index contributed by atoms with van der Waals surface area (Å²) in [5.41, 5.74) is -2.48. The van der Waals surface area contributed by atoms with Crippen molar-refractivity contribution >= 4 is 17.0 Å². The number of carboxylic acids is 1. The Kier molecular flexibility index (Phi) is 3.59. The van der Waals surface area contributed by atoms with Gasteiger partial charge < -0.3 is 5.11 Å². The first-order chi connectivity index (χ1) is 11.3. The van der Waals surface area contributed by atoms with Gasteiger partial charge in [-0.2, -0.15) is 13.2 Å². The predicted octanol–water partition coefficient (Wildman–Crippen LogP) is 3.10. The first kappa shape index (κ1) is 15.7. The summed E-state index contributed by atoms with van der Waals surface area (Å²) in [6.45, 7) is 0. The highest BCUT2D eigenvalue weighted by Gasteiger charge is 2.31. The van der Waals surface area contributed by atoms with Gasteiger partial charge >= 0.3 is 12.1 Å². The molecule has 0 unspecified atom stereocenters. The molecule has 0 aliphatic carbocycles. The summed E-state index contributed by atoms with van der Waals surface area (Å²) in [5.74, 6) is -1.47. The fourth-order valence-electron chi connectivity index (χ4n) is 2.36. The fourth-order valence-corrected chi connectivity index (χ4v) is 2.36. The van der Waals surface area contributed by atoms with Crippen LogP contribution in [0, 0.1) is 0 Å². The lowest BCUT2D eigenvalue weighted by Crippen LogP contribution is -2.26. The van der Waals surface area contributed by atoms with Gasteiger partial charge in [0, 0.05) is 11.6 Å². The molecular weight excluding hydrogens is 325 g/mol. The second kappa shape index (κ2) is 5.48. The molecule has 8 heteroatoms. The van der Waals surface area contributed by atoms with Crippen molar-refractivity contribution in [3.63, 3.8) is 0 Å². The van der Waals surface area contributed by atoms with E-state index < -0.39 is 28.8 Å². The van der Waals surface area contributed by atoms with Gasteiger partial charge in [0.1, 0.15) is 11.2 Å². The van der Waals surface area contributed by atoms with Crippen LogP contribution >= 0.6 is 0 Å². The van der Waals surface area contributed by atoms with Crippen molar-refractivity contribution in [3.05, 3.63) is 70.1 Å². The monoisotopic (exact) mass is 334 g/mol. The molecule has 0 bridgehead atoms. The van der Waals surface area contributed by atoms with Crippen LogP contribution in [0.1, 0.15) is 15.9 Å². The lowest BCUT2D eigenvalue weighted by Gasteiger charge is -2.13. The Morgan fingerprint density at radius 1 is 1.12 bits per heavy atom. The molecule has 0 saturated carbocycles. The van der Waals surface area contributed by atoms with Crippen LogP contribution in [-0.4, -0.2) is 20.6 Å². The number of pyridine rings is 2. The third-order valence-corrected chi connectivity index (χ3v) is 3.42. The zero-order valence-electron chi connectivity index (χ0n) is 11.9. The lowest BCUT2D eigenvalue weighted by molar-refractivity contribution is -0.137. The van der Waals surface area contributed by atoms with Gasteiger partial charge in [-0.25, -0.2) is 9.78 Å². The third-order valence-electron chi connectivity index (χ3n) is 3.42. The van der Waals surface area contributed by atoms with Crippen LogP contribution in [0.3, 0.4) is 0 Å². The maximum atomic E-state index is 12.9. The molecule has 0 spiro atoms. The molecule has 0 atom stereocenters. The molecule has 1 N–H and O–H groups in total. The summed E-state index contributed by atoms with van der Waals surface area (Å²) in [6, 6.07) is 8.29. The van der Waals surface area contributed by atoms with E-state index in [1.54, 1.807) is 0 Å². The van der Waals surface area contributed by atoms with E-state index in [0.29, 0.717) is 5.39 Å². The zero-order valence-corrected chi connectivity index (χ0v) is 11.9. The molecule has 0 saturated heterocycles. The number of hydrogen-bond acceptors (Lipinski definition) is 3. The van der Waals surface area contributed by atoms with Crippen molar-refractivity contribution in [2.75, 3.05) is 0 Å². The van der Waals surface area contributed by atoms with E-state index in [4.69, 9.17) is 5.11 Å². The molecule has 5 nitrogen and oxygen atoms in total.